The normalized spacial score (nSPS) is 11.4. The Morgan fingerprint density at radius 3 is 2.56 bits per heavy atom. The molecule has 0 N–H and O–H groups in total. The maximum absolute atomic E-state index is 13.7. The van der Waals surface area contributed by atoms with E-state index in [1.807, 2.05) is 25.1 Å². The van der Waals surface area contributed by atoms with Gasteiger partial charge in [0.1, 0.15) is 18.2 Å². The van der Waals surface area contributed by atoms with E-state index in [1.54, 1.807) is 37.4 Å². The molecule has 0 unspecified atom stereocenters. The van der Waals surface area contributed by atoms with Gasteiger partial charge in [0.2, 0.25) is 0 Å². The molecule has 43 heavy (non-hydrogen) atoms. The fourth-order valence-electron chi connectivity index (χ4n) is 4.76. The lowest BCUT2D eigenvalue weighted by Gasteiger charge is -2.17. The van der Waals surface area contributed by atoms with Crippen molar-refractivity contribution in [2.24, 2.45) is 5.10 Å². The molecule has 4 aromatic carbocycles. The Morgan fingerprint density at radius 2 is 1.84 bits per heavy atom. The van der Waals surface area contributed by atoms with Gasteiger partial charge in [0.15, 0.2) is 11.6 Å². The number of halogens is 1. The van der Waals surface area contributed by atoms with Crippen LogP contribution in [0.1, 0.15) is 42.0 Å². The highest BCUT2D eigenvalue weighted by Gasteiger charge is 2.19. The molecule has 0 radical (unpaired) electrons. The second-order valence-corrected chi connectivity index (χ2v) is 10.3. The van der Waals surface area contributed by atoms with E-state index < -0.39 is 10.7 Å². The van der Waals surface area contributed by atoms with Gasteiger partial charge in [0.25, 0.3) is 5.56 Å². The summed E-state index contributed by atoms with van der Waals surface area (Å²) < 4.78 is 26.0. The first-order valence-electron chi connectivity index (χ1n) is 13.6. The summed E-state index contributed by atoms with van der Waals surface area (Å²) in [4.78, 5) is 29.8. The molecule has 0 saturated heterocycles. The van der Waals surface area contributed by atoms with Crippen molar-refractivity contribution in [3.63, 3.8) is 0 Å². The number of aryl methyl sites for hydroxylation is 1. The molecule has 218 valence electrons. The fraction of sp³-hybridized carbons (Fsp3) is 0.182. The minimum atomic E-state index is -0.568. The van der Waals surface area contributed by atoms with Gasteiger partial charge in [-0.25, -0.2) is 9.37 Å². The quantitative estimate of drug-likeness (QED) is 0.105. The van der Waals surface area contributed by atoms with Gasteiger partial charge in [-0.1, -0.05) is 38.1 Å². The summed E-state index contributed by atoms with van der Waals surface area (Å²) in [6.07, 6.45) is 1.37. The van der Waals surface area contributed by atoms with E-state index in [9.17, 15) is 19.3 Å². The molecule has 0 aliphatic heterocycles. The third-order valence-corrected chi connectivity index (χ3v) is 6.98. The molecule has 0 atom stereocenters. The van der Waals surface area contributed by atoms with E-state index in [4.69, 9.17) is 14.5 Å². The van der Waals surface area contributed by atoms with Crippen LogP contribution >= 0.6 is 0 Å². The van der Waals surface area contributed by atoms with Crippen molar-refractivity contribution in [1.29, 1.82) is 0 Å². The number of nitrogens with zero attached hydrogens (tertiary/aromatic N) is 4. The van der Waals surface area contributed by atoms with Crippen LogP contribution in [-0.4, -0.2) is 27.9 Å². The van der Waals surface area contributed by atoms with Crippen LogP contribution in [0, 0.1) is 22.9 Å². The monoisotopic (exact) mass is 580 g/mol. The summed E-state index contributed by atoms with van der Waals surface area (Å²) in [5.74, 6) is 0.797. The minimum Gasteiger partial charge on any atom is -0.496 e. The third-order valence-electron chi connectivity index (χ3n) is 6.98. The zero-order valence-electron chi connectivity index (χ0n) is 24.1. The first kappa shape index (κ1) is 29.1. The number of fused-ring (bicyclic) bond motifs is 1. The lowest BCUT2D eigenvalue weighted by atomic mass is 9.96. The molecule has 9 nitrogen and oxygen atoms in total. The Balaban J connectivity index is 1.58. The summed E-state index contributed by atoms with van der Waals surface area (Å²) >= 11 is 0. The number of para-hydroxylation sites is 1. The average molecular weight is 581 g/mol. The molecule has 0 spiro atoms. The topological polar surface area (TPSA) is 109 Å². The summed E-state index contributed by atoms with van der Waals surface area (Å²) in [6.45, 7) is 5.96. The summed E-state index contributed by atoms with van der Waals surface area (Å²) in [5.41, 5.74) is 3.23. The molecule has 10 heteroatoms. The van der Waals surface area contributed by atoms with Crippen LogP contribution < -0.4 is 15.0 Å². The van der Waals surface area contributed by atoms with Crippen molar-refractivity contribution in [3.05, 3.63) is 127 Å². The molecule has 0 bridgehead atoms. The Morgan fingerprint density at radius 1 is 1.05 bits per heavy atom. The van der Waals surface area contributed by atoms with Gasteiger partial charge in [-0.05, 0) is 78.1 Å². The van der Waals surface area contributed by atoms with Crippen LogP contribution in [0.15, 0.2) is 88.8 Å². The maximum Gasteiger partial charge on any atom is 0.311 e. The predicted octanol–water partition coefficient (Wildman–Crippen LogP) is 7.01. The molecule has 5 aromatic rings. The lowest BCUT2D eigenvalue weighted by molar-refractivity contribution is -0.385. The van der Waals surface area contributed by atoms with Crippen molar-refractivity contribution in [1.82, 2.24) is 9.66 Å². The highest BCUT2D eigenvalue weighted by atomic mass is 19.1. The van der Waals surface area contributed by atoms with Gasteiger partial charge in [-0.15, -0.1) is 0 Å². The summed E-state index contributed by atoms with van der Waals surface area (Å²) in [5, 5.41) is 16.7. The SMILES string of the molecule is COc1cc(C)c(-c2nc3ccccc3c(=O)n2N=Cc2ccc(OCc3cccc(F)c3)c([N+](=O)[O-])c2)cc1C(C)C. The Labute approximate surface area is 247 Å². The van der Waals surface area contributed by atoms with E-state index in [1.165, 1.54) is 41.2 Å². The minimum absolute atomic E-state index is 0.0201. The van der Waals surface area contributed by atoms with Crippen molar-refractivity contribution < 1.29 is 18.8 Å². The van der Waals surface area contributed by atoms with Crippen LogP contribution in [0.5, 0.6) is 11.5 Å². The number of rotatable bonds is 9. The zero-order chi connectivity index (χ0) is 30.7. The molecular formula is C33H29FN4O5. The second-order valence-electron chi connectivity index (χ2n) is 10.3. The molecule has 0 fully saturated rings. The standard InChI is InChI=1S/C33H29FN4O5/c1-20(2)26-17-27(21(3)14-31(26)42-4)32-36-28-11-6-5-10-25(28)33(39)37(32)35-18-22-12-13-30(29(16-22)38(40)41)43-19-23-8-7-9-24(34)15-23/h5-18,20H,19H2,1-4H3. The maximum atomic E-state index is 13.7. The van der Waals surface area contributed by atoms with Crippen LogP contribution in [0.2, 0.25) is 0 Å². The van der Waals surface area contributed by atoms with Crippen molar-refractivity contribution in [3.8, 4) is 22.9 Å². The van der Waals surface area contributed by atoms with E-state index in [2.05, 4.69) is 18.9 Å². The third kappa shape index (κ3) is 6.13. The number of ether oxygens (including phenoxy) is 2. The van der Waals surface area contributed by atoms with Gasteiger partial charge in [0, 0.05) is 17.2 Å². The largest absolute Gasteiger partial charge is 0.496 e. The van der Waals surface area contributed by atoms with Crippen molar-refractivity contribution in [2.45, 2.75) is 33.3 Å². The summed E-state index contributed by atoms with van der Waals surface area (Å²) in [6, 6.07) is 21.0. The second kappa shape index (κ2) is 12.2. The molecule has 0 aliphatic rings. The van der Waals surface area contributed by atoms with Gasteiger partial charge in [-0.3, -0.25) is 14.9 Å². The van der Waals surface area contributed by atoms with Gasteiger partial charge < -0.3 is 9.47 Å². The fourth-order valence-corrected chi connectivity index (χ4v) is 4.76. The van der Waals surface area contributed by atoms with E-state index >= 15 is 0 Å². The first-order valence-corrected chi connectivity index (χ1v) is 13.6. The summed E-state index contributed by atoms with van der Waals surface area (Å²) in [7, 11) is 1.62. The van der Waals surface area contributed by atoms with Gasteiger partial charge in [0.05, 0.1) is 29.2 Å². The predicted molar refractivity (Wildman–Crippen MR) is 164 cm³/mol. The number of hydrogen-bond acceptors (Lipinski definition) is 7. The number of benzene rings is 4. The highest BCUT2D eigenvalue weighted by molar-refractivity contribution is 5.83. The molecule has 0 saturated carbocycles. The van der Waals surface area contributed by atoms with Crippen molar-refractivity contribution in [2.75, 3.05) is 7.11 Å². The van der Waals surface area contributed by atoms with Gasteiger partial charge in [-0.2, -0.15) is 9.78 Å². The van der Waals surface area contributed by atoms with Crippen LogP contribution in [-0.2, 0) is 6.61 Å². The highest BCUT2D eigenvalue weighted by Crippen LogP contribution is 2.34. The van der Waals surface area contributed by atoms with E-state index in [0.29, 0.717) is 33.4 Å². The zero-order valence-corrected chi connectivity index (χ0v) is 24.1. The van der Waals surface area contributed by atoms with Crippen molar-refractivity contribution >= 4 is 22.8 Å². The molecule has 1 heterocycles. The first-order chi connectivity index (χ1) is 20.7. The number of methoxy groups -OCH3 is 1. The molecule has 0 aliphatic carbocycles. The Bertz CT molecular complexity index is 1930. The Kier molecular flexibility index (Phi) is 8.29. The van der Waals surface area contributed by atoms with E-state index in [-0.39, 0.29) is 29.5 Å². The molecular weight excluding hydrogens is 551 g/mol. The van der Waals surface area contributed by atoms with Crippen LogP contribution in [0.25, 0.3) is 22.3 Å². The van der Waals surface area contributed by atoms with Crippen LogP contribution in [0.4, 0.5) is 10.1 Å². The number of nitro benzene ring substituents is 1. The number of hydrogen-bond donors (Lipinski definition) is 0. The van der Waals surface area contributed by atoms with Gasteiger partial charge >= 0.3 is 5.69 Å². The number of nitro groups is 1. The Hall–Kier alpha value is -5.38. The average Bonchev–Trinajstić information content (AvgIpc) is 2.99. The van der Waals surface area contributed by atoms with E-state index in [0.717, 1.165) is 16.9 Å². The molecule has 1 aromatic heterocycles. The lowest BCUT2D eigenvalue weighted by Crippen LogP contribution is -2.20. The number of aromatic nitrogens is 2. The molecule has 0 amide bonds. The smallest absolute Gasteiger partial charge is 0.311 e. The van der Waals surface area contributed by atoms with Crippen LogP contribution in [0.3, 0.4) is 0 Å². The molecule has 5 rings (SSSR count).